The highest BCUT2D eigenvalue weighted by molar-refractivity contribution is 7.80. The van der Waals surface area contributed by atoms with Crippen molar-refractivity contribution in [1.82, 2.24) is 4.90 Å². The first-order valence-electron chi connectivity index (χ1n) is 6.25. The van der Waals surface area contributed by atoms with Gasteiger partial charge in [-0.05, 0) is 42.9 Å². The van der Waals surface area contributed by atoms with Crippen molar-refractivity contribution < 1.29 is 9.47 Å². The molecule has 1 aromatic carbocycles. The van der Waals surface area contributed by atoms with Gasteiger partial charge in [0.15, 0.2) is 0 Å². The van der Waals surface area contributed by atoms with Crippen LogP contribution in [0.25, 0.3) is 0 Å². The van der Waals surface area contributed by atoms with Crippen LogP contribution in [0.3, 0.4) is 0 Å². The summed E-state index contributed by atoms with van der Waals surface area (Å²) < 4.78 is 11.1. The summed E-state index contributed by atoms with van der Waals surface area (Å²) >= 11 is 5.06. The Kier molecular flexibility index (Phi) is 6.50. The van der Waals surface area contributed by atoms with Crippen molar-refractivity contribution in [2.24, 2.45) is 0 Å². The van der Waals surface area contributed by atoms with E-state index in [-0.39, 0.29) is 0 Å². The van der Waals surface area contributed by atoms with E-state index >= 15 is 0 Å². The highest BCUT2D eigenvalue weighted by Crippen LogP contribution is 2.18. The number of hydrogen-bond donors (Lipinski definition) is 0. The lowest BCUT2D eigenvalue weighted by Crippen LogP contribution is -2.24. The van der Waals surface area contributed by atoms with E-state index in [1.165, 1.54) is 12.8 Å². The third kappa shape index (κ3) is 5.36. The van der Waals surface area contributed by atoms with Crippen molar-refractivity contribution >= 4 is 17.4 Å². The van der Waals surface area contributed by atoms with E-state index in [1.54, 1.807) is 4.90 Å². The highest BCUT2D eigenvalue weighted by Gasteiger charge is 2.02. The van der Waals surface area contributed by atoms with Gasteiger partial charge in [-0.15, -0.1) is 0 Å². The summed E-state index contributed by atoms with van der Waals surface area (Å²) in [7, 11) is 3.71. The molecule has 4 heteroatoms. The number of thiocarbonyl (C=S) groups is 1. The third-order valence-corrected chi connectivity index (χ3v) is 2.86. The van der Waals surface area contributed by atoms with E-state index in [1.807, 2.05) is 38.4 Å². The molecule has 0 aliphatic rings. The minimum Gasteiger partial charge on any atom is -0.494 e. The second-order valence-electron chi connectivity index (χ2n) is 4.29. The molecule has 0 N–H and O–H groups in total. The zero-order valence-electron chi connectivity index (χ0n) is 11.3. The molecule has 0 aromatic heterocycles. The number of ether oxygens (including phenoxy) is 2. The first-order chi connectivity index (χ1) is 8.63. The predicted molar refractivity (Wildman–Crippen MR) is 78.4 cm³/mol. The predicted octanol–water partition coefficient (Wildman–Crippen LogP) is 3.48. The van der Waals surface area contributed by atoms with Gasteiger partial charge in [-0.2, -0.15) is 0 Å². The molecule has 0 saturated heterocycles. The molecule has 0 bridgehead atoms. The smallest absolute Gasteiger partial charge is 0.264 e. The molecule has 0 radical (unpaired) electrons. The molecule has 0 fully saturated rings. The molecule has 100 valence electrons. The molecule has 1 rings (SSSR count). The van der Waals surface area contributed by atoms with Crippen LogP contribution < -0.4 is 9.47 Å². The van der Waals surface area contributed by atoms with Gasteiger partial charge in [0.25, 0.3) is 5.17 Å². The average molecular weight is 267 g/mol. The Hall–Kier alpha value is -1.29. The van der Waals surface area contributed by atoms with Crippen molar-refractivity contribution in [1.29, 1.82) is 0 Å². The number of benzene rings is 1. The second-order valence-corrected chi connectivity index (χ2v) is 4.64. The van der Waals surface area contributed by atoms with Gasteiger partial charge in [-0.1, -0.05) is 19.8 Å². The van der Waals surface area contributed by atoms with E-state index in [9.17, 15) is 0 Å². The fourth-order valence-corrected chi connectivity index (χ4v) is 1.43. The number of hydrogen-bond acceptors (Lipinski definition) is 3. The van der Waals surface area contributed by atoms with Gasteiger partial charge in [0.1, 0.15) is 11.5 Å². The summed E-state index contributed by atoms with van der Waals surface area (Å²) in [6, 6.07) is 7.54. The average Bonchev–Trinajstić information content (AvgIpc) is 2.36. The molecule has 0 saturated carbocycles. The van der Waals surface area contributed by atoms with Crippen molar-refractivity contribution in [3.63, 3.8) is 0 Å². The fraction of sp³-hybridized carbons (Fsp3) is 0.500. The lowest BCUT2D eigenvalue weighted by Gasteiger charge is -2.14. The first kappa shape index (κ1) is 14.8. The maximum absolute atomic E-state index is 5.62. The van der Waals surface area contributed by atoms with Gasteiger partial charge in [-0.25, -0.2) is 0 Å². The molecule has 0 unspecified atom stereocenters. The summed E-state index contributed by atoms with van der Waals surface area (Å²) in [5.41, 5.74) is 0. The zero-order chi connectivity index (χ0) is 13.4. The fourth-order valence-electron chi connectivity index (χ4n) is 1.34. The summed E-state index contributed by atoms with van der Waals surface area (Å²) in [6.07, 6.45) is 3.51. The Morgan fingerprint density at radius 3 is 2.28 bits per heavy atom. The number of nitrogens with zero attached hydrogens (tertiary/aromatic N) is 1. The van der Waals surface area contributed by atoms with Gasteiger partial charge < -0.3 is 14.4 Å². The molecule has 18 heavy (non-hydrogen) atoms. The van der Waals surface area contributed by atoms with E-state index in [2.05, 4.69) is 6.92 Å². The molecule has 0 heterocycles. The van der Waals surface area contributed by atoms with Crippen LogP contribution in [0, 0.1) is 0 Å². The van der Waals surface area contributed by atoms with Crippen molar-refractivity contribution in [2.45, 2.75) is 26.2 Å². The van der Waals surface area contributed by atoms with Crippen LogP contribution in [-0.4, -0.2) is 30.8 Å². The van der Waals surface area contributed by atoms with E-state index in [0.29, 0.717) is 5.17 Å². The van der Waals surface area contributed by atoms with E-state index in [0.717, 1.165) is 24.5 Å². The Bertz CT molecular complexity index is 363. The molecule has 0 amide bonds. The Morgan fingerprint density at radius 2 is 1.72 bits per heavy atom. The van der Waals surface area contributed by atoms with Crippen molar-refractivity contribution in [3.05, 3.63) is 24.3 Å². The van der Waals surface area contributed by atoms with E-state index < -0.39 is 0 Å². The van der Waals surface area contributed by atoms with Gasteiger partial charge >= 0.3 is 0 Å². The third-order valence-electron chi connectivity index (χ3n) is 2.41. The maximum Gasteiger partial charge on any atom is 0.264 e. The monoisotopic (exact) mass is 267 g/mol. The number of unbranched alkanes of at least 4 members (excludes halogenated alkanes) is 2. The van der Waals surface area contributed by atoms with E-state index in [4.69, 9.17) is 21.7 Å². The normalized spacial score (nSPS) is 9.94. The Labute approximate surface area is 115 Å². The second kappa shape index (κ2) is 7.93. The standard InChI is InChI=1S/C14H21NO2S/c1-4-5-6-11-16-12-7-9-13(10-8-12)17-14(18)15(2)3/h7-10H,4-6,11H2,1-3H3. The maximum atomic E-state index is 5.62. The molecule has 0 spiro atoms. The van der Waals surface area contributed by atoms with Gasteiger partial charge in [0.05, 0.1) is 6.61 Å². The summed E-state index contributed by atoms with van der Waals surface area (Å²) in [5.74, 6) is 1.60. The SMILES string of the molecule is CCCCCOc1ccc(OC(=S)N(C)C)cc1. The van der Waals surface area contributed by atoms with Crippen molar-refractivity contribution in [3.8, 4) is 11.5 Å². The van der Waals surface area contributed by atoms with Crippen LogP contribution in [0.1, 0.15) is 26.2 Å². The molecular weight excluding hydrogens is 246 g/mol. The minimum absolute atomic E-state index is 0.451. The van der Waals surface area contributed by atoms with Crippen LogP contribution in [0.15, 0.2) is 24.3 Å². The largest absolute Gasteiger partial charge is 0.494 e. The Morgan fingerprint density at radius 1 is 1.11 bits per heavy atom. The van der Waals surface area contributed by atoms with Gasteiger partial charge in [-0.3, -0.25) is 0 Å². The molecule has 0 atom stereocenters. The van der Waals surface area contributed by atoms with Crippen LogP contribution in [0.4, 0.5) is 0 Å². The molecule has 0 aliphatic carbocycles. The first-order valence-corrected chi connectivity index (χ1v) is 6.66. The van der Waals surface area contributed by atoms with Crippen LogP contribution in [0.5, 0.6) is 11.5 Å². The summed E-state index contributed by atoms with van der Waals surface area (Å²) in [5, 5.41) is 0.451. The highest BCUT2D eigenvalue weighted by atomic mass is 32.1. The molecular formula is C14H21NO2S. The van der Waals surface area contributed by atoms with Crippen molar-refractivity contribution in [2.75, 3.05) is 20.7 Å². The lowest BCUT2D eigenvalue weighted by atomic mass is 10.3. The quantitative estimate of drug-likeness (QED) is 0.581. The summed E-state index contributed by atoms with van der Waals surface area (Å²) in [4.78, 5) is 1.75. The number of rotatable bonds is 6. The van der Waals surface area contributed by atoms with Gasteiger partial charge in [0.2, 0.25) is 0 Å². The van der Waals surface area contributed by atoms with Crippen LogP contribution in [-0.2, 0) is 0 Å². The minimum atomic E-state index is 0.451. The van der Waals surface area contributed by atoms with Crippen LogP contribution in [0.2, 0.25) is 0 Å². The summed E-state index contributed by atoms with van der Waals surface area (Å²) in [6.45, 7) is 2.95. The molecule has 0 aliphatic heterocycles. The molecule has 1 aromatic rings. The Balaban J connectivity index is 2.40. The van der Waals surface area contributed by atoms with Gasteiger partial charge in [0, 0.05) is 14.1 Å². The van der Waals surface area contributed by atoms with Crippen LogP contribution >= 0.6 is 12.2 Å². The topological polar surface area (TPSA) is 21.7 Å². The molecule has 3 nitrogen and oxygen atoms in total. The lowest BCUT2D eigenvalue weighted by molar-refractivity contribution is 0.306. The zero-order valence-corrected chi connectivity index (χ0v) is 12.1.